The third kappa shape index (κ3) is 2.19. The normalized spacial score (nSPS) is 19.6. The number of carbonyl (C=O) groups is 1. The van der Waals surface area contributed by atoms with Crippen molar-refractivity contribution in [1.29, 1.82) is 0 Å². The van der Waals surface area contributed by atoms with Gasteiger partial charge in [-0.3, -0.25) is 4.79 Å². The number of carbonyl (C=O) groups excluding carboxylic acids is 1. The van der Waals surface area contributed by atoms with Crippen LogP contribution in [0.2, 0.25) is 0 Å². The van der Waals surface area contributed by atoms with Gasteiger partial charge < -0.3 is 0 Å². The van der Waals surface area contributed by atoms with Crippen molar-refractivity contribution >= 4 is 27.9 Å². The summed E-state index contributed by atoms with van der Waals surface area (Å²) in [4.78, 5) is 10.0. The van der Waals surface area contributed by atoms with Gasteiger partial charge in [0.05, 0.1) is 0 Å². The zero-order valence-corrected chi connectivity index (χ0v) is 5.26. The fourth-order valence-electron chi connectivity index (χ4n) is 0.317. The Labute approximate surface area is 51.4 Å². The lowest BCUT2D eigenvalue weighted by molar-refractivity contribution is 0.276. The van der Waals surface area contributed by atoms with Crippen molar-refractivity contribution in [3.8, 4) is 0 Å². The Kier molecular flexibility index (Phi) is 1.60. The molecule has 40 valence electrons. The van der Waals surface area contributed by atoms with E-state index >= 15 is 0 Å². The number of hydrogen-bond acceptors (Lipinski definition) is 2. The third-order valence-corrected chi connectivity index (χ3v) is 2.04. The maximum absolute atomic E-state index is 10.0. The molecule has 0 amide bonds. The molecule has 0 atom stereocenters. The van der Waals surface area contributed by atoms with Crippen LogP contribution in [0.3, 0.4) is 0 Å². The molecule has 0 radical (unpaired) electrons. The number of rotatable bonds is 1. The molecule has 0 aromatic heterocycles. The van der Waals surface area contributed by atoms with Gasteiger partial charge in [-0.1, -0.05) is 11.8 Å². The molecule has 3 heteroatoms. The second-order valence-corrected chi connectivity index (χ2v) is 3.40. The molecule has 1 rings (SSSR count). The lowest BCUT2D eigenvalue weighted by Gasteiger charge is -1.81. The fraction of sp³-hybridized carbons (Fsp3) is 0.750. The molecule has 7 heavy (non-hydrogen) atoms. The van der Waals surface area contributed by atoms with E-state index in [1.807, 2.05) is 0 Å². The molecule has 0 spiro atoms. The first-order valence-corrected chi connectivity index (χ1v) is 3.41. The van der Waals surface area contributed by atoms with Crippen molar-refractivity contribution in [2.45, 2.75) is 18.1 Å². The minimum absolute atomic E-state index is 0.262. The molecule has 0 saturated heterocycles. The maximum atomic E-state index is 10.0. The van der Waals surface area contributed by atoms with Crippen molar-refractivity contribution in [3.63, 3.8) is 0 Å². The molecule has 1 fully saturated rings. The van der Waals surface area contributed by atoms with Crippen LogP contribution in [-0.2, 0) is 0 Å². The van der Waals surface area contributed by atoms with E-state index in [0.29, 0.717) is 5.25 Å². The summed E-state index contributed by atoms with van der Waals surface area (Å²) in [5.74, 6) is 0. The Bertz CT molecular complexity index is 89.7. The minimum atomic E-state index is -0.262. The number of hydrogen-bond donors (Lipinski definition) is 0. The average Bonchev–Trinajstić information content (AvgIpc) is 2.17. The van der Waals surface area contributed by atoms with Crippen LogP contribution >= 0.6 is 23.4 Å². The van der Waals surface area contributed by atoms with Crippen LogP contribution in [0.25, 0.3) is 0 Å². The van der Waals surface area contributed by atoms with Crippen LogP contribution in [0.4, 0.5) is 4.79 Å². The summed E-state index contributed by atoms with van der Waals surface area (Å²) in [6.45, 7) is 0. The van der Waals surface area contributed by atoms with Crippen molar-refractivity contribution in [2.75, 3.05) is 0 Å². The molecule has 1 aliphatic rings. The van der Waals surface area contributed by atoms with Crippen molar-refractivity contribution < 1.29 is 4.79 Å². The van der Waals surface area contributed by atoms with E-state index in [9.17, 15) is 4.79 Å². The largest absolute Gasteiger partial charge is 0.279 e. The van der Waals surface area contributed by atoms with Gasteiger partial charge >= 0.3 is 0 Å². The summed E-state index contributed by atoms with van der Waals surface area (Å²) in [5.41, 5.74) is 0. The minimum Gasteiger partial charge on any atom is -0.268 e. The van der Waals surface area contributed by atoms with Crippen LogP contribution in [0.15, 0.2) is 0 Å². The molecular formula is C4H5ClOS. The van der Waals surface area contributed by atoms with Crippen LogP contribution < -0.4 is 0 Å². The van der Waals surface area contributed by atoms with E-state index < -0.39 is 0 Å². The van der Waals surface area contributed by atoms with E-state index in [-0.39, 0.29) is 4.57 Å². The van der Waals surface area contributed by atoms with Gasteiger partial charge in [-0.2, -0.15) is 0 Å². The average molecular weight is 137 g/mol. The second kappa shape index (κ2) is 2.05. The molecule has 1 saturated carbocycles. The van der Waals surface area contributed by atoms with Crippen LogP contribution in [-0.4, -0.2) is 9.82 Å². The molecule has 0 aromatic carbocycles. The summed E-state index contributed by atoms with van der Waals surface area (Å²) in [5, 5.41) is 0.560. The highest BCUT2D eigenvalue weighted by molar-refractivity contribution is 8.17. The highest BCUT2D eigenvalue weighted by Gasteiger charge is 2.24. The van der Waals surface area contributed by atoms with E-state index in [2.05, 4.69) is 0 Å². The van der Waals surface area contributed by atoms with Crippen LogP contribution in [0.5, 0.6) is 0 Å². The summed E-state index contributed by atoms with van der Waals surface area (Å²) in [7, 11) is 0. The molecule has 0 N–H and O–H groups in total. The lowest BCUT2D eigenvalue weighted by atomic mass is 11.0. The predicted molar refractivity (Wildman–Crippen MR) is 31.9 cm³/mol. The van der Waals surface area contributed by atoms with Crippen molar-refractivity contribution in [2.24, 2.45) is 0 Å². The molecule has 0 unspecified atom stereocenters. The van der Waals surface area contributed by atoms with Gasteiger partial charge in [0.25, 0.3) is 4.57 Å². The fourth-order valence-corrected chi connectivity index (χ4v) is 1.33. The van der Waals surface area contributed by atoms with Gasteiger partial charge in [-0.05, 0) is 24.4 Å². The standard InChI is InChI=1S/C4H5ClOS/c5-4(6)7-3-1-2-3/h3H,1-2H2. The zero-order valence-electron chi connectivity index (χ0n) is 3.69. The molecule has 0 bridgehead atoms. The summed E-state index contributed by atoms with van der Waals surface area (Å²) < 4.78 is -0.262. The quantitative estimate of drug-likeness (QED) is 0.515. The summed E-state index contributed by atoms with van der Waals surface area (Å²) in [6.07, 6.45) is 2.34. The van der Waals surface area contributed by atoms with Crippen molar-refractivity contribution in [3.05, 3.63) is 0 Å². The van der Waals surface area contributed by atoms with Crippen LogP contribution in [0, 0.1) is 0 Å². The Balaban J connectivity index is 2.08. The summed E-state index contributed by atoms with van der Waals surface area (Å²) in [6, 6.07) is 0. The van der Waals surface area contributed by atoms with E-state index in [0.717, 1.165) is 0 Å². The molecule has 0 heterocycles. The lowest BCUT2D eigenvalue weighted by Crippen LogP contribution is -1.74. The number of halogens is 1. The highest BCUT2D eigenvalue weighted by atomic mass is 35.5. The van der Waals surface area contributed by atoms with Gasteiger partial charge in [0.1, 0.15) is 0 Å². The molecule has 0 aromatic rings. The maximum Gasteiger partial charge on any atom is 0.279 e. The highest BCUT2D eigenvalue weighted by Crippen LogP contribution is 2.35. The first-order valence-electron chi connectivity index (χ1n) is 2.15. The first-order chi connectivity index (χ1) is 3.29. The first kappa shape index (κ1) is 5.45. The molecule has 0 aliphatic heterocycles. The molecular weight excluding hydrogens is 132 g/mol. The monoisotopic (exact) mass is 136 g/mol. The molecule has 1 nitrogen and oxygen atoms in total. The predicted octanol–water partition coefficient (Wildman–Crippen LogP) is 2.24. The van der Waals surface area contributed by atoms with Gasteiger partial charge in [0.2, 0.25) is 0 Å². The van der Waals surface area contributed by atoms with Gasteiger partial charge in [0, 0.05) is 5.25 Å². The SMILES string of the molecule is O=C(Cl)SC1CC1. The zero-order chi connectivity index (χ0) is 5.28. The Morgan fingerprint density at radius 2 is 2.29 bits per heavy atom. The van der Waals surface area contributed by atoms with E-state index in [1.54, 1.807) is 0 Å². The van der Waals surface area contributed by atoms with E-state index in [1.165, 1.54) is 24.6 Å². The summed E-state index contributed by atoms with van der Waals surface area (Å²) >= 11 is 6.28. The van der Waals surface area contributed by atoms with Gasteiger partial charge in [-0.25, -0.2) is 0 Å². The van der Waals surface area contributed by atoms with Crippen LogP contribution in [0.1, 0.15) is 12.8 Å². The smallest absolute Gasteiger partial charge is 0.268 e. The Hall–Kier alpha value is 0.310. The number of thioether (sulfide) groups is 1. The van der Waals surface area contributed by atoms with Crippen molar-refractivity contribution in [1.82, 2.24) is 0 Å². The Morgan fingerprint density at radius 3 is 2.43 bits per heavy atom. The van der Waals surface area contributed by atoms with Gasteiger partial charge in [0.15, 0.2) is 0 Å². The second-order valence-electron chi connectivity index (χ2n) is 1.55. The Morgan fingerprint density at radius 1 is 1.71 bits per heavy atom. The van der Waals surface area contributed by atoms with E-state index in [4.69, 9.17) is 11.6 Å². The molecule has 1 aliphatic carbocycles. The third-order valence-electron chi connectivity index (χ3n) is 0.784. The topological polar surface area (TPSA) is 17.1 Å². The van der Waals surface area contributed by atoms with Gasteiger partial charge in [-0.15, -0.1) is 0 Å².